The Balaban J connectivity index is 3.38. The molecule has 56 valence electrons. The highest BCUT2D eigenvalue weighted by molar-refractivity contribution is 4.56. The predicted molar refractivity (Wildman–Crippen MR) is 35.9 cm³/mol. The van der Waals surface area contributed by atoms with Crippen LogP contribution in [0.5, 0.6) is 0 Å². The van der Waals surface area contributed by atoms with Gasteiger partial charge in [0.15, 0.2) is 6.29 Å². The summed E-state index contributed by atoms with van der Waals surface area (Å²) in [7, 11) is 3.80. The first-order chi connectivity index (χ1) is 4.04. The van der Waals surface area contributed by atoms with Gasteiger partial charge in [-0.3, -0.25) is 0 Å². The average Bonchev–Trinajstić information content (AvgIpc) is 1.63. The maximum atomic E-state index is 8.60. The lowest BCUT2D eigenvalue weighted by molar-refractivity contribution is -0.0829. The molecule has 0 bridgehead atoms. The molecule has 0 spiro atoms. The smallest absolute Gasteiger partial charge is 0.155 e. The van der Waals surface area contributed by atoms with Crippen molar-refractivity contribution in [2.75, 3.05) is 20.6 Å². The molecule has 0 heterocycles. The Morgan fingerprint density at radius 2 is 1.78 bits per heavy atom. The van der Waals surface area contributed by atoms with Gasteiger partial charge in [0.25, 0.3) is 0 Å². The molecule has 0 fully saturated rings. The van der Waals surface area contributed by atoms with Gasteiger partial charge in [-0.1, -0.05) is 6.92 Å². The van der Waals surface area contributed by atoms with Gasteiger partial charge in [-0.2, -0.15) is 0 Å². The third kappa shape index (κ3) is 4.39. The molecule has 0 radical (unpaired) electrons. The van der Waals surface area contributed by atoms with Crippen molar-refractivity contribution in [3.05, 3.63) is 0 Å². The van der Waals surface area contributed by atoms with Crippen molar-refractivity contribution in [2.45, 2.75) is 13.2 Å². The third-order valence-corrected chi connectivity index (χ3v) is 1.16. The monoisotopic (exact) mass is 133 g/mol. The van der Waals surface area contributed by atoms with Crippen LogP contribution in [-0.4, -0.2) is 42.0 Å². The van der Waals surface area contributed by atoms with Crippen LogP contribution in [0.1, 0.15) is 6.92 Å². The molecule has 0 aromatic heterocycles. The van der Waals surface area contributed by atoms with Crippen molar-refractivity contribution in [1.82, 2.24) is 4.90 Å². The van der Waals surface area contributed by atoms with E-state index in [1.54, 1.807) is 6.92 Å². The summed E-state index contributed by atoms with van der Waals surface area (Å²) >= 11 is 0. The summed E-state index contributed by atoms with van der Waals surface area (Å²) in [6.45, 7) is 2.50. The molecular formula is C6H15NO2. The van der Waals surface area contributed by atoms with E-state index >= 15 is 0 Å². The van der Waals surface area contributed by atoms with Crippen molar-refractivity contribution >= 4 is 0 Å². The highest BCUT2D eigenvalue weighted by Crippen LogP contribution is 1.99. The lowest BCUT2D eigenvalue weighted by atomic mass is 10.2. The number of nitrogens with zero attached hydrogens (tertiary/aromatic N) is 1. The zero-order valence-electron chi connectivity index (χ0n) is 6.20. The summed E-state index contributed by atoms with van der Waals surface area (Å²) in [6.07, 6.45) is -1.19. The second-order valence-corrected chi connectivity index (χ2v) is 2.65. The molecule has 0 amide bonds. The summed E-state index contributed by atoms with van der Waals surface area (Å²) in [4.78, 5) is 1.92. The van der Waals surface area contributed by atoms with Crippen molar-refractivity contribution in [2.24, 2.45) is 5.92 Å². The Bertz CT molecular complexity index is 73.5. The van der Waals surface area contributed by atoms with E-state index in [0.717, 1.165) is 0 Å². The fourth-order valence-corrected chi connectivity index (χ4v) is 0.670. The first kappa shape index (κ1) is 8.88. The number of hydrogen-bond acceptors (Lipinski definition) is 3. The molecule has 1 atom stereocenters. The summed E-state index contributed by atoms with van der Waals surface area (Å²) in [6, 6.07) is 0. The summed E-state index contributed by atoms with van der Waals surface area (Å²) < 4.78 is 0. The van der Waals surface area contributed by atoms with E-state index in [2.05, 4.69) is 0 Å². The number of aliphatic hydroxyl groups is 2. The average molecular weight is 133 g/mol. The quantitative estimate of drug-likeness (QED) is 0.510. The summed E-state index contributed by atoms with van der Waals surface area (Å²) in [5.74, 6) is -0.0694. The zero-order chi connectivity index (χ0) is 7.44. The first-order valence-corrected chi connectivity index (χ1v) is 3.05. The summed E-state index contributed by atoms with van der Waals surface area (Å²) in [5.41, 5.74) is 0. The van der Waals surface area contributed by atoms with Crippen LogP contribution in [0.3, 0.4) is 0 Å². The van der Waals surface area contributed by atoms with E-state index in [1.807, 2.05) is 19.0 Å². The molecule has 3 nitrogen and oxygen atoms in total. The summed E-state index contributed by atoms with van der Waals surface area (Å²) in [5, 5.41) is 17.2. The Labute approximate surface area is 55.9 Å². The number of hydrogen-bond donors (Lipinski definition) is 2. The van der Waals surface area contributed by atoms with Gasteiger partial charge >= 0.3 is 0 Å². The maximum absolute atomic E-state index is 8.60. The van der Waals surface area contributed by atoms with Crippen LogP contribution < -0.4 is 0 Å². The molecule has 0 aromatic carbocycles. The van der Waals surface area contributed by atoms with Gasteiger partial charge in [0.05, 0.1) is 0 Å². The van der Waals surface area contributed by atoms with Gasteiger partial charge in [-0.05, 0) is 14.1 Å². The van der Waals surface area contributed by atoms with Gasteiger partial charge in [-0.15, -0.1) is 0 Å². The molecular weight excluding hydrogens is 118 g/mol. The molecule has 0 rings (SSSR count). The van der Waals surface area contributed by atoms with E-state index in [4.69, 9.17) is 10.2 Å². The Morgan fingerprint density at radius 3 is 1.89 bits per heavy atom. The SMILES string of the molecule is CC(CN(C)C)C(O)O. The van der Waals surface area contributed by atoms with Crippen molar-refractivity contribution in [3.8, 4) is 0 Å². The van der Waals surface area contributed by atoms with Crippen LogP contribution in [0, 0.1) is 5.92 Å². The topological polar surface area (TPSA) is 43.7 Å². The van der Waals surface area contributed by atoms with Crippen LogP contribution >= 0.6 is 0 Å². The second kappa shape index (κ2) is 3.82. The highest BCUT2D eigenvalue weighted by atomic mass is 16.5. The van der Waals surface area contributed by atoms with Crippen LogP contribution in [0.15, 0.2) is 0 Å². The molecule has 0 aromatic rings. The fourth-order valence-electron chi connectivity index (χ4n) is 0.670. The van der Waals surface area contributed by atoms with Crippen molar-refractivity contribution in [1.29, 1.82) is 0 Å². The van der Waals surface area contributed by atoms with Crippen molar-refractivity contribution < 1.29 is 10.2 Å². The Kier molecular flexibility index (Phi) is 3.77. The van der Waals surface area contributed by atoms with E-state index in [9.17, 15) is 0 Å². The standard InChI is InChI=1S/C6H15NO2/c1-5(6(8)9)4-7(2)3/h5-6,8-9H,4H2,1-3H3. The van der Waals surface area contributed by atoms with E-state index in [1.165, 1.54) is 0 Å². The Hall–Kier alpha value is -0.120. The molecule has 1 unspecified atom stereocenters. The van der Waals surface area contributed by atoms with E-state index in [0.29, 0.717) is 6.54 Å². The van der Waals surface area contributed by atoms with Crippen LogP contribution in [0.25, 0.3) is 0 Å². The molecule has 2 N–H and O–H groups in total. The minimum atomic E-state index is -1.19. The molecule has 0 saturated carbocycles. The lowest BCUT2D eigenvalue weighted by Crippen LogP contribution is -2.28. The zero-order valence-corrected chi connectivity index (χ0v) is 6.20. The largest absolute Gasteiger partial charge is 0.368 e. The molecule has 9 heavy (non-hydrogen) atoms. The normalized spacial score (nSPS) is 15.0. The fraction of sp³-hybridized carbons (Fsp3) is 1.00. The minimum Gasteiger partial charge on any atom is -0.368 e. The number of aliphatic hydroxyl groups excluding tert-OH is 1. The third-order valence-electron chi connectivity index (χ3n) is 1.16. The highest BCUT2D eigenvalue weighted by Gasteiger charge is 2.10. The second-order valence-electron chi connectivity index (χ2n) is 2.65. The lowest BCUT2D eigenvalue weighted by Gasteiger charge is -2.17. The molecule has 0 aliphatic carbocycles. The Morgan fingerprint density at radius 1 is 1.33 bits per heavy atom. The van der Waals surface area contributed by atoms with Gasteiger partial charge in [-0.25, -0.2) is 0 Å². The molecule has 0 aliphatic rings. The van der Waals surface area contributed by atoms with Gasteiger partial charge < -0.3 is 15.1 Å². The predicted octanol–water partition coefficient (Wildman–Crippen LogP) is -0.505. The van der Waals surface area contributed by atoms with Gasteiger partial charge in [0, 0.05) is 12.5 Å². The van der Waals surface area contributed by atoms with Crippen LogP contribution in [0.4, 0.5) is 0 Å². The van der Waals surface area contributed by atoms with Crippen LogP contribution in [0.2, 0.25) is 0 Å². The maximum Gasteiger partial charge on any atom is 0.155 e. The van der Waals surface area contributed by atoms with Gasteiger partial charge in [0.2, 0.25) is 0 Å². The minimum absolute atomic E-state index is 0.0694. The molecule has 3 heteroatoms. The first-order valence-electron chi connectivity index (χ1n) is 3.05. The number of rotatable bonds is 3. The van der Waals surface area contributed by atoms with Crippen molar-refractivity contribution in [3.63, 3.8) is 0 Å². The van der Waals surface area contributed by atoms with Gasteiger partial charge in [0.1, 0.15) is 0 Å². The van der Waals surface area contributed by atoms with Crippen LogP contribution in [-0.2, 0) is 0 Å². The molecule has 0 saturated heterocycles. The van der Waals surface area contributed by atoms with E-state index < -0.39 is 6.29 Å². The molecule has 0 aliphatic heterocycles. The van der Waals surface area contributed by atoms with E-state index in [-0.39, 0.29) is 5.92 Å².